The summed E-state index contributed by atoms with van der Waals surface area (Å²) >= 11 is 0. The van der Waals surface area contributed by atoms with Crippen LogP contribution in [-0.4, -0.2) is 13.2 Å². The number of hydrogen-bond acceptors (Lipinski definition) is 2. The summed E-state index contributed by atoms with van der Waals surface area (Å²) in [4.78, 5) is 0. The third-order valence-electron chi connectivity index (χ3n) is 3.32. The van der Waals surface area contributed by atoms with Gasteiger partial charge in [-0.1, -0.05) is 38.3 Å². The smallest absolute Gasteiger partial charge is 0.183 e. The van der Waals surface area contributed by atoms with Gasteiger partial charge < -0.3 is 9.47 Å². The Labute approximate surface area is 108 Å². The highest BCUT2D eigenvalue weighted by atomic mass is 19.1. The lowest BCUT2D eigenvalue weighted by atomic mass is 10.0. The molecule has 0 N–H and O–H groups in total. The van der Waals surface area contributed by atoms with Crippen molar-refractivity contribution in [3.05, 3.63) is 35.6 Å². The summed E-state index contributed by atoms with van der Waals surface area (Å²) in [5, 5.41) is 0. The Kier molecular flexibility index (Phi) is 5.14. The Morgan fingerprint density at radius 1 is 1.11 bits per heavy atom. The van der Waals surface area contributed by atoms with Gasteiger partial charge in [-0.25, -0.2) is 4.39 Å². The summed E-state index contributed by atoms with van der Waals surface area (Å²) in [5.41, 5.74) is 0.892. The molecule has 0 aliphatic carbocycles. The van der Waals surface area contributed by atoms with Crippen LogP contribution < -0.4 is 0 Å². The highest BCUT2D eigenvalue weighted by molar-refractivity contribution is 5.17. The molecule has 1 aliphatic rings. The first-order valence-corrected chi connectivity index (χ1v) is 6.78. The van der Waals surface area contributed by atoms with Crippen LogP contribution in [0.25, 0.3) is 0 Å². The van der Waals surface area contributed by atoms with Crippen LogP contribution >= 0.6 is 0 Å². The molecule has 2 rings (SSSR count). The van der Waals surface area contributed by atoms with E-state index in [1.807, 2.05) is 0 Å². The van der Waals surface area contributed by atoms with Crippen LogP contribution in [0, 0.1) is 11.7 Å². The SMILES string of the molecule is CCCCCC1COC(c2ccc(F)cc2)OC1. The molecule has 0 saturated carbocycles. The Morgan fingerprint density at radius 3 is 2.39 bits per heavy atom. The minimum Gasteiger partial charge on any atom is -0.348 e. The summed E-state index contributed by atoms with van der Waals surface area (Å²) in [6.07, 6.45) is 4.61. The minimum atomic E-state index is -0.326. The maximum absolute atomic E-state index is 12.8. The van der Waals surface area contributed by atoms with E-state index in [2.05, 4.69) is 6.92 Å². The minimum absolute atomic E-state index is 0.230. The molecule has 1 saturated heterocycles. The van der Waals surface area contributed by atoms with Gasteiger partial charge in [0, 0.05) is 11.5 Å². The maximum Gasteiger partial charge on any atom is 0.183 e. The summed E-state index contributed by atoms with van der Waals surface area (Å²) in [6, 6.07) is 6.32. The van der Waals surface area contributed by atoms with Crippen LogP contribution in [0.3, 0.4) is 0 Å². The second-order valence-corrected chi connectivity index (χ2v) is 4.91. The highest BCUT2D eigenvalue weighted by Gasteiger charge is 2.23. The standard InChI is InChI=1S/C15H21FO2/c1-2-3-4-5-12-10-17-15(18-11-12)13-6-8-14(16)9-7-13/h6-9,12,15H,2-5,10-11H2,1H3. The van der Waals surface area contributed by atoms with E-state index in [0.29, 0.717) is 5.92 Å². The number of unbranched alkanes of at least 4 members (excludes halogenated alkanes) is 2. The van der Waals surface area contributed by atoms with E-state index in [0.717, 1.165) is 18.8 Å². The predicted molar refractivity (Wildman–Crippen MR) is 68.7 cm³/mol. The van der Waals surface area contributed by atoms with Crippen molar-refractivity contribution in [2.24, 2.45) is 5.92 Å². The van der Waals surface area contributed by atoms with Crippen LogP contribution in [0.2, 0.25) is 0 Å². The van der Waals surface area contributed by atoms with Crippen molar-refractivity contribution < 1.29 is 13.9 Å². The van der Waals surface area contributed by atoms with Crippen molar-refractivity contribution in [1.82, 2.24) is 0 Å². The van der Waals surface area contributed by atoms with Gasteiger partial charge >= 0.3 is 0 Å². The Bertz CT molecular complexity index is 342. The second-order valence-electron chi connectivity index (χ2n) is 4.91. The molecular formula is C15H21FO2. The fourth-order valence-electron chi connectivity index (χ4n) is 2.21. The normalized spacial score (nSPS) is 24.1. The molecule has 0 radical (unpaired) electrons. The zero-order chi connectivity index (χ0) is 12.8. The molecule has 1 aromatic rings. The van der Waals surface area contributed by atoms with Gasteiger partial charge in [0.2, 0.25) is 0 Å². The molecule has 0 spiro atoms. The molecule has 100 valence electrons. The van der Waals surface area contributed by atoms with E-state index in [1.165, 1.54) is 37.8 Å². The molecule has 1 heterocycles. The molecule has 0 unspecified atom stereocenters. The van der Waals surface area contributed by atoms with Crippen LogP contribution in [-0.2, 0) is 9.47 Å². The Morgan fingerprint density at radius 2 is 1.78 bits per heavy atom. The number of ether oxygens (including phenoxy) is 2. The van der Waals surface area contributed by atoms with Gasteiger partial charge in [-0.05, 0) is 18.6 Å². The lowest BCUT2D eigenvalue weighted by molar-refractivity contribution is -0.206. The molecule has 0 aromatic heterocycles. The number of halogens is 1. The molecule has 0 amide bonds. The summed E-state index contributed by atoms with van der Waals surface area (Å²) in [6.45, 7) is 3.69. The fourth-order valence-corrected chi connectivity index (χ4v) is 2.21. The summed E-state index contributed by atoms with van der Waals surface area (Å²) < 4.78 is 24.2. The molecule has 18 heavy (non-hydrogen) atoms. The van der Waals surface area contributed by atoms with Gasteiger partial charge in [-0.3, -0.25) is 0 Å². The zero-order valence-electron chi connectivity index (χ0n) is 10.9. The van der Waals surface area contributed by atoms with Crippen molar-refractivity contribution >= 4 is 0 Å². The Hall–Kier alpha value is -0.930. The molecule has 1 aliphatic heterocycles. The first kappa shape index (κ1) is 13.5. The van der Waals surface area contributed by atoms with Crippen LogP contribution in [0.15, 0.2) is 24.3 Å². The van der Waals surface area contributed by atoms with Gasteiger partial charge in [0.15, 0.2) is 6.29 Å². The highest BCUT2D eigenvalue weighted by Crippen LogP contribution is 2.27. The summed E-state index contributed by atoms with van der Waals surface area (Å²) in [7, 11) is 0. The van der Waals surface area contributed by atoms with Crippen molar-refractivity contribution in [2.45, 2.75) is 38.9 Å². The summed E-state index contributed by atoms with van der Waals surface area (Å²) in [5.74, 6) is 0.278. The Balaban J connectivity index is 1.77. The largest absolute Gasteiger partial charge is 0.348 e. The van der Waals surface area contributed by atoms with Crippen LogP contribution in [0.5, 0.6) is 0 Å². The molecular weight excluding hydrogens is 231 g/mol. The van der Waals surface area contributed by atoms with Gasteiger partial charge in [-0.2, -0.15) is 0 Å². The third-order valence-corrected chi connectivity index (χ3v) is 3.32. The lowest BCUT2D eigenvalue weighted by Crippen LogP contribution is -2.27. The van der Waals surface area contributed by atoms with Gasteiger partial charge in [0.05, 0.1) is 13.2 Å². The molecule has 2 nitrogen and oxygen atoms in total. The van der Waals surface area contributed by atoms with Crippen LogP contribution in [0.4, 0.5) is 4.39 Å². The quantitative estimate of drug-likeness (QED) is 0.735. The molecule has 1 fully saturated rings. The topological polar surface area (TPSA) is 18.5 Å². The van der Waals surface area contributed by atoms with Crippen LogP contribution in [0.1, 0.15) is 44.5 Å². The van der Waals surface area contributed by atoms with Crippen molar-refractivity contribution in [3.8, 4) is 0 Å². The van der Waals surface area contributed by atoms with Crippen molar-refractivity contribution in [2.75, 3.05) is 13.2 Å². The lowest BCUT2D eigenvalue weighted by Gasteiger charge is -2.29. The fraction of sp³-hybridized carbons (Fsp3) is 0.600. The van der Waals surface area contributed by atoms with E-state index in [9.17, 15) is 4.39 Å². The average molecular weight is 252 g/mol. The second kappa shape index (κ2) is 6.86. The van der Waals surface area contributed by atoms with E-state index in [-0.39, 0.29) is 12.1 Å². The number of benzene rings is 1. The van der Waals surface area contributed by atoms with Crippen molar-refractivity contribution in [1.29, 1.82) is 0 Å². The first-order valence-electron chi connectivity index (χ1n) is 6.78. The van der Waals surface area contributed by atoms with E-state index in [4.69, 9.17) is 9.47 Å². The number of hydrogen-bond donors (Lipinski definition) is 0. The van der Waals surface area contributed by atoms with Gasteiger partial charge in [0.25, 0.3) is 0 Å². The number of rotatable bonds is 5. The van der Waals surface area contributed by atoms with Gasteiger partial charge in [0.1, 0.15) is 5.82 Å². The van der Waals surface area contributed by atoms with E-state index >= 15 is 0 Å². The van der Waals surface area contributed by atoms with E-state index in [1.54, 1.807) is 12.1 Å². The van der Waals surface area contributed by atoms with Gasteiger partial charge in [-0.15, -0.1) is 0 Å². The zero-order valence-corrected chi connectivity index (χ0v) is 10.9. The van der Waals surface area contributed by atoms with E-state index < -0.39 is 0 Å². The van der Waals surface area contributed by atoms with Crippen molar-refractivity contribution in [3.63, 3.8) is 0 Å². The maximum atomic E-state index is 12.8. The molecule has 3 heteroatoms. The molecule has 1 aromatic carbocycles. The predicted octanol–water partition coefficient (Wildman–Crippen LogP) is 4.07. The molecule has 0 bridgehead atoms. The first-order chi connectivity index (χ1) is 8.79. The molecule has 0 atom stereocenters. The average Bonchev–Trinajstić information content (AvgIpc) is 2.41. The third kappa shape index (κ3) is 3.79. The monoisotopic (exact) mass is 252 g/mol.